The molecule has 286 valence electrons. The Labute approximate surface area is 324 Å². The van der Waals surface area contributed by atoms with Crippen molar-refractivity contribution in [3.05, 3.63) is 112 Å². The van der Waals surface area contributed by atoms with Crippen LogP contribution in [0.25, 0.3) is 22.3 Å². The van der Waals surface area contributed by atoms with Gasteiger partial charge in [-0.15, -0.1) is 0 Å². The molecule has 0 spiro atoms. The standard InChI is InChI=1S/C42H44ClN5O7/c1-25(50)21-45-42(55)37(47-39(52)22-44-24-49)19-27-4-17-38(51)36(18-27)35-20-32(13-16-34(35)30-7-8-30)26(2)48(3)40(53)23-46-41(54)31-9-5-28(6-10-31)29-11-14-33(43)15-12-29/h4-6,9-18,20,24,26,30,37,51H,7-8,19,21-23H2,1-3H3,(H,44,49)(H,45,55)(H,46,54)(H,47,52). The van der Waals surface area contributed by atoms with Gasteiger partial charge in [0, 0.05) is 29.6 Å². The van der Waals surface area contributed by atoms with Gasteiger partial charge in [-0.25, -0.2) is 0 Å². The van der Waals surface area contributed by atoms with Crippen LogP contribution in [0.1, 0.15) is 65.7 Å². The van der Waals surface area contributed by atoms with Crippen LogP contribution in [-0.2, 0) is 30.4 Å². The summed E-state index contributed by atoms with van der Waals surface area (Å²) in [5.74, 6) is -1.78. The summed E-state index contributed by atoms with van der Waals surface area (Å²) in [5.41, 5.74) is 6.08. The van der Waals surface area contributed by atoms with Crippen LogP contribution in [0, 0.1) is 0 Å². The number of nitrogens with zero attached hydrogens (tertiary/aromatic N) is 1. The van der Waals surface area contributed by atoms with Gasteiger partial charge in [0.15, 0.2) is 0 Å². The first-order valence-electron chi connectivity index (χ1n) is 17.9. The Hall–Kier alpha value is -6.01. The van der Waals surface area contributed by atoms with Crippen molar-refractivity contribution in [3.8, 4) is 28.0 Å². The van der Waals surface area contributed by atoms with Gasteiger partial charge in [-0.1, -0.05) is 54.1 Å². The first-order valence-corrected chi connectivity index (χ1v) is 18.3. The van der Waals surface area contributed by atoms with Crippen LogP contribution in [0.5, 0.6) is 5.75 Å². The molecule has 4 aromatic rings. The molecule has 5 amide bonds. The van der Waals surface area contributed by atoms with E-state index >= 15 is 0 Å². The van der Waals surface area contributed by atoms with Gasteiger partial charge in [-0.3, -0.25) is 28.8 Å². The van der Waals surface area contributed by atoms with Crippen LogP contribution >= 0.6 is 11.6 Å². The van der Waals surface area contributed by atoms with Crippen molar-refractivity contribution in [1.29, 1.82) is 0 Å². The molecule has 0 heterocycles. The topological polar surface area (TPSA) is 174 Å². The maximum atomic E-state index is 13.3. The average Bonchev–Trinajstić information content (AvgIpc) is 4.04. The number of amides is 5. The molecule has 2 unspecified atom stereocenters. The molecule has 2 atom stereocenters. The Kier molecular flexibility index (Phi) is 13.4. The van der Waals surface area contributed by atoms with Crippen molar-refractivity contribution >= 4 is 47.4 Å². The minimum Gasteiger partial charge on any atom is -0.507 e. The Bertz CT molecular complexity index is 2070. The highest BCUT2D eigenvalue weighted by Gasteiger charge is 2.29. The second kappa shape index (κ2) is 18.4. The average molecular weight is 766 g/mol. The van der Waals surface area contributed by atoms with Gasteiger partial charge in [-0.05, 0) is 108 Å². The highest BCUT2D eigenvalue weighted by molar-refractivity contribution is 6.30. The number of carbonyl (C=O) groups is 6. The maximum Gasteiger partial charge on any atom is 0.251 e. The molecule has 0 bridgehead atoms. The summed E-state index contributed by atoms with van der Waals surface area (Å²) in [4.78, 5) is 75.5. The normalized spacial score (nSPS) is 13.2. The molecule has 1 saturated carbocycles. The number of halogens is 1. The van der Waals surface area contributed by atoms with E-state index in [1.54, 1.807) is 48.3 Å². The van der Waals surface area contributed by atoms with Crippen molar-refractivity contribution in [2.75, 3.05) is 26.7 Å². The summed E-state index contributed by atoms with van der Waals surface area (Å²) in [6, 6.07) is 23.9. The van der Waals surface area contributed by atoms with Gasteiger partial charge in [0.1, 0.15) is 17.6 Å². The lowest BCUT2D eigenvalue weighted by atomic mass is 9.90. The third-order valence-electron chi connectivity index (χ3n) is 9.58. The zero-order valence-corrected chi connectivity index (χ0v) is 31.6. The minimum absolute atomic E-state index is 0.0144. The number of benzene rings is 4. The molecule has 1 fully saturated rings. The molecule has 5 rings (SSSR count). The summed E-state index contributed by atoms with van der Waals surface area (Å²) in [6.07, 6.45) is 2.39. The molecular formula is C42H44ClN5O7. The quantitative estimate of drug-likeness (QED) is 0.0971. The summed E-state index contributed by atoms with van der Waals surface area (Å²) >= 11 is 5.99. The molecule has 1 aliphatic carbocycles. The summed E-state index contributed by atoms with van der Waals surface area (Å²) in [5, 5.41) is 21.9. The molecule has 12 nitrogen and oxygen atoms in total. The Morgan fingerprint density at radius 1 is 0.855 bits per heavy atom. The van der Waals surface area contributed by atoms with E-state index in [2.05, 4.69) is 21.3 Å². The lowest BCUT2D eigenvalue weighted by Gasteiger charge is -2.27. The third kappa shape index (κ3) is 10.8. The number of Topliss-reactive ketones (excluding diaryl/α,β-unsaturated/α-hetero) is 1. The number of hydrogen-bond donors (Lipinski definition) is 5. The summed E-state index contributed by atoms with van der Waals surface area (Å²) in [7, 11) is 1.67. The number of likely N-dealkylation sites (N-methyl/N-ethyl adjacent to an activating group) is 1. The highest BCUT2D eigenvalue weighted by Crippen LogP contribution is 2.47. The Morgan fingerprint density at radius 2 is 1.53 bits per heavy atom. The predicted octanol–water partition coefficient (Wildman–Crippen LogP) is 4.68. The van der Waals surface area contributed by atoms with Gasteiger partial charge in [0.05, 0.1) is 25.7 Å². The largest absolute Gasteiger partial charge is 0.507 e. The van der Waals surface area contributed by atoms with E-state index in [9.17, 15) is 33.9 Å². The van der Waals surface area contributed by atoms with E-state index < -0.39 is 23.9 Å². The highest BCUT2D eigenvalue weighted by atomic mass is 35.5. The lowest BCUT2D eigenvalue weighted by Crippen LogP contribution is -2.50. The SMILES string of the molecule is CC(=O)CNC(=O)C(Cc1ccc(O)c(-c2cc(C(C)N(C)C(=O)CNC(=O)c3ccc(-c4ccc(Cl)cc4)cc3)ccc2C2CC2)c1)NC(=O)CNC=O. The fourth-order valence-corrected chi connectivity index (χ4v) is 6.31. The number of nitrogens with one attached hydrogen (secondary N) is 4. The van der Waals surface area contributed by atoms with Crippen molar-refractivity contribution in [2.24, 2.45) is 0 Å². The summed E-state index contributed by atoms with van der Waals surface area (Å²) < 4.78 is 0. The van der Waals surface area contributed by atoms with Crippen LogP contribution in [0.15, 0.2) is 84.9 Å². The van der Waals surface area contributed by atoms with E-state index in [1.165, 1.54) is 13.0 Å². The van der Waals surface area contributed by atoms with Crippen LogP contribution in [0.3, 0.4) is 0 Å². The lowest BCUT2D eigenvalue weighted by molar-refractivity contribution is -0.130. The number of phenolic OH excluding ortho intramolecular Hbond substituents is 1. The van der Waals surface area contributed by atoms with Crippen LogP contribution in [0.4, 0.5) is 0 Å². The molecular weight excluding hydrogens is 722 g/mol. The Morgan fingerprint density at radius 3 is 2.16 bits per heavy atom. The van der Waals surface area contributed by atoms with Crippen molar-refractivity contribution in [3.63, 3.8) is 0 Å². The molecule has 0 aliphatic heterocycles. The fraction of sp³-hybridized carbons (Fsp3) is 0.286. The van der Waals surface area contributed by atoms with Gasteiger partial charge >= 0.3 is 0 Å². The summed E-state index contributed by atoms with van der Waals surface area (Å²) in [6.45, 7) is 2.46. The van der Waals surface area contributed by atoms with Crippen molar-refractivity contribution in [1.82, 2.24) is 26.2 Å². The number of rotatable bonds is 17. The van der Waals surface area contributed by atoms with Crippen LogP contribution in [-0.4, -0.2) is 78.6 Å². The zero-order chi connectivity index (χ0) is 39.6. The molecule has 1 aliphatic rings. The van der Waals surface area contributed by atoms with E-state index in [0.717, 1.165) is 40.7 Å². The molecule has 0 aromatic heterocycles. The molecule has 4 aromatic carbocycles. The first kappa shape index (κ1) is 40.2. The zero-order valence-electron chi connectivity index (χ0n) is 30.9. The smallest absolute Gasteiger partial charge is 0.251 e. The van der Waals surface area contributed by atoms with Gasteiger partial charge in [-0.2, -0.15) is 0 Å². The van der Waals surface area contributed by atoms with E-state index in [4.69, 9.17) is 11.6 Å². The first-order chi connectivity index (χ1) is 26.3. The molecule has 13 heteroatoms. The van der Waals surface area contributed by atoms with Crippen molar-refractivity contribution in [2.45, 2.75) is 51.1 Å². The van der Waals surface area contributed by atoms with Crippen LogP contribution < -0.4 is 21.3 Å². The van der Waals surface area contributed by atoms with E-state index in [-0.39, 0.29) is 49.4 Å². The molecule has 55 heavy (non-hydrogen) atoms. The van der Waals surface area contributed by atoms with Gasteiger partial charge in [0.25, 0.3) is 5.91 Å². The second-order valence-corrected chi connectivity index (χ2v) is 14.1. The monoisotopic (exact) mass is 765 g/mol. The number of phenols is 1. The fourth-order valence-electron chi connectivity index (χ4n) is 6.18. The second-order valence-electron chi connectivity index (χ2n) is 13.7. The van der Waals surface area contributed by atoms with E-state index in [0.29, 0.717) is 34.0 Å². The molecule has 5 N–H and O–H groups in total. The van der Waals surface area contributed by atoms with Gasteiger partial charge in [0.2, 0.25) is 24.1 Å². The van der Waals surface area contributed by atoms with E-state index in [1.807, 2.05) is 49.4 Å². The number of hydrogen-bond acceptors (Lipinski definition) is 7. The van der Waals surface area contributed by atoms with Crippen molar-refractivity contribution < 1.29 is 33.9 Å². The number of aromatic hydroxyl groups is 1. The van der Waals surface area contributed by atoms with Gasteiger partial charge < -0.3 is 31.3 Å². The Balaban J connectivity index is 1.30. The number of carbonyl (C=O) groups excluding carboxylic acids is 6. The number of ketones is 1. The minimum atomic E-state index is -1.07. The molecule has 0 radical (unpaired) electrons. The third-order valence-corrected chi connectivity index (χ3v) is 9.83. The van der Waals surface area contributed by atoms with Crippen LogP contribution in [0.2, 0.25) is 5.02 Å². The predicted molar refractivity (Wildman–Crippen MR) is 209 cm³/mol. The molecule has 0 saturated heterocycles. The maximum absolute atomic E-state index is 13.3.